The molecule has 1 aromatic heterocycles. The summed E-state index contributed by atoms with van der Waals surface area (Å²) >= 11 is 1.80. The smallest absolute Gasteiger partial charge is 0.243 e. The molecule has 1 rings (SSSR count). The van der Waals surface area contributed by atoms with E-state index in [0.29, 0.717) is 23.9 Å². The highest BCUT2D eigenvalue weighted by Gasteiger charge is 2.16. The Morgan fingerprint density at radius 1 is 1.20 bits per heavy atom. The van der Waals surface area contributed by atoms with E-state index in [9.17, 15) is 0 Å². The summed E-state index contributed by atoms with van der Waals surface area (Å²) in [6, 6.07) is 0.336. The molecule has 0 aliphatic carbocycles. The Kier molecular flexibility index (Phi) is 6.80. The molecule has 0 saturated carbocycles. The van der Waals surface area contributed by atoms with E-state index in [2.05, 4.69) is 52.3 Å². The molecular weight excluding hydrogens is 274 g/mol. The van der Waals surface area contributed by atoms with Crippen LogP contribution in [0.2, 0.25) is 0 Å². The van der Waals surface area contributed by atoms with Crippen LogP contribution >= 0.6 is 11.8 Å². The van der Waals surface area contributed by atoms with Crippen LogP contribution < -0.4 is 21.1 Å². The molecule has 0 saturated heterocycles. The van der Waals surface area contributed by atoms with Crippen molar-refractivity contribution in [3.05, 3.63) is 0 Å². The van der Waals surface area contributed by atoms with Crippen molar-refractivity contribution in [2.75, 3.05) is 47.4 Å². The third kappa shape index (κ3) is 4.11. The van der Waals surface area contributed by atoms with E-state index in [1.165, 1.54) is 0 Å². The Balaban J connectivity index is 3.09. The molecule has 1 aromatic rings. The van der Waals surface area contributed by atoms with Crippen LogP contribution in [0.4, 0.5) is 17.8 Å². The van der Waals surface area contributed by atoms with Crippen LogP contribution in [0.25, 0.3) is 0 Å². The summed E-state index contributed by atoms with van der Waals surface area (Å²) in [5.41, 5.74) is 2.52. The van der Waals surface area contributed by atoms with Gasteiger partial charge in [-0.05, 0) is 27.0 Å². The van der Waals surface area contributed by atoms with Crippen LogP contribution in [0.5, 0.6) is 0 Å². The van der Waals surface area contributed by atoms with Gasteiger partial charge in [-0.15, -0.1) is 0 Å². The molecule has 0 aromatic carbocycles. The number of nitrogens with zero attached hydrogens (tertiary/aromatic N) is 5. The second-order valence-corrected chi connectivity index (χ2v) is 5.40. The molecule has 0 spiro atoms. The average Bonchev–Trinajstić information content (AvgIpc) is 2.47. The monoisotopic (exact) mass is 299 g/mol. The highest BCUT2D eigenvalue weighted by molar-refractivity contribution is 7.98. The summed E-state index contributed by atoms with van der Waals surface area (Å²) in [6.07, 6.45) is 2.09. The Bertz CT molecular complexity index is 411. The van der Waals surface area contributed by atoms with Crippen molar-refractivity contribution in [1.82, 2.24) is 15.0 Å². The summed E-state index contributed by atoms with van der Waals surface area (Å²) in [4.78, 5) is 17.3. The number of thioether (sulfide) groups is 1. The minimum absolute atomic E-state index is 0.336. The van der Waals surface area contributed by atoms with Gasteiger partial charge < -0.3 is 9.80 Å². The number of anilines is 3. The Labute approximate surface area is 125 Å². The second kappa shape index (κ2) is 8.11. The molecule has 0 radical (unpaired) electrons. The number of nitrogens with two attached hydrogens (primary N) is 1. The average molecular weight is 299 g/mol. The van der Waals surface area contributed by atoms with Gasteiger partial charge in [-0.1, -0.05) is 0 Å². The first-order valence-electron chi connectivity index (χ1n) is 6.76. The number of nitrogens with one attached hydrogen (secondary N) is 1. The maximum Gasteiger partial charge on any atom is 0.243 e. The largest absolute Gasteiger partial charge is 0.341 e. The molecule has 8 heteroatoms. The van der Waals surface area contributed by atoms with Crippen LogP contribution in [0.1, 0.15) is 20.8 Å². The van der Waals surface area contributed by atoms with Crippen LogP contribution in [0.3, 0.4) is 0 Å². The summed E-state index contributed by atoms with van der Waals surface area (Å²) < 4.78 is 0. The molecule has 114 valence electrons. The first-order valence-corrected chi connectivity index (χ1v) is 8.16. The van der Waals surface area contributed by atoms with Gasteiger partial charge in [-0.25, -0.2) is 5.84 Å². The third-order valence-electron chi connectivity index (χ3n) is 3.17. The number of nitrogen functional groups attached to an aromatic ring is 1. The fourth-order valence-corrected chi connectivity index (χ4v) is 2.48. The van der Waals surface area contributed by atoms with Crippen LogP contribution in [-0.4, -0.2) is 53.1 Å². The maximum atomic E-state index is 5.46. The lowest BCUT2D eigenvalue weighted by atomic mass is 10.3. The van der Waals surface area contributed by atoms with Crippen molar-refractivity contribution in [1.29, 1.82) is 0 Å². The molecule has 3 N–H and O–H groups in total. The molecule has 1 unspecified atom stereocenters. The number of hydrazine groups is 1. The summed E-state index contributed by atoms with van der Waals surface area (Å²) in [5, 5.41) is 0. The van der Waals surface area contributed by atoms with Gasteiger partial charge in [-0.3, -0.25) is 5.43 Å². The van der Waals surface area contributed by atoms with Crippen LogP contribution in [0.15, 0.2) is 0 Å². The lowest BCUT2D eigenvalue weighted by Crippen LogP contribution is -2.34. The zero-order valence-electron chi connectivity index (χ0n) is 12.9. The highest BCUT2D eigenvalue weighted by atomic mass is 32.2. The van der Waals surface area contributed by atoms with E-state index < -0.39 is 0 Å². The molecule has 0 aliphatic heterocycles. The Morgan fingerprint density at radius 3 is 2.30 bits per heavy atom. The maximum absolute atomic E-state index is 5.46. The summed E-state index contributed by atoms with van der Waals surface area (Å²) in [7, 11) is 1.99. The topological polar surface area (TPSA) is 83.2 Å². The van der Waals surface area contributed by atoms with Gasteiger partial charge in [0.05, 0.1) is 0 Å². The molecule has 1 heterocycles. The highest BCUT2D eigenvalue weighted by Crippen LogP contribution is 2.17. The second-order valence-electron chi connectivity index (χ2n) is 4.49. The van der Waals surface area contributed by atoms with Gasteiger partial charge in [0.2, 0.25) is 17.8 Å². The normalized spacial score (nSPS) is 12.1. The lowest BCUT2D eigenvalue weighted by Gasteiger charge is -2.26. The van der Waals surface area contributed by atoms with Gasteiger partial charge in [-0.2, -0.15) is 26.7 Å². The molecule has 1 atom stereocenters. The lowest BCUT2D eigenvalue weighted by molar-refractivity contribution is 0.726. The quantitative estimate of drug-likeness (QED) is 0.547. The molecule has 7 nitrogen and oxygen atoms in total. The van der Waals surface area contributed by atoms with Gasteiger partial charge in [0, 0.05) is 31.9 Å². The molecule has 0 fully saturated rings. The molecule has 20 heavy (non-hydrogen) atoms. The van der Waals surface area contributed by atoms with E-state index in [0.717, 1.165) is 18.8 Å². The van der Waals surface area contributed by atoms with E-state index in [1.807, 2.05) is 11.9 Å². The number of rotatable bonds is 8. The van der Waals surface area contributed by atoms with Crippen molar-refractivity contribution in [2.45, 2.75) is 26.8 Å². The minimum atomic E-state index is 0.336. The fraction of sp³-hybridized carbons (Fsp3) is 0.750. The summed E-state index contributed by atoms with van der Waals surface area (Å²) in [6.45, 7) is 7.97. The van der Waals surface area contributed by atoms with Gasteiger partial charge in [0.25, 0.3) is 0 Å². The molecule has 0 amide bonds. The van der Waals surface area contributed by atoms with E-state index in [4.69, 9.17) is 5.84 Å². The van der Waals surface area contributed by atoms with Gasteiger partial charge >= 0.3 is 0 Å². The number of aromatic nitrogens is 3. The van der Waals surface area contributed by atoms with E-state index in [-0.39, 0.29) is 0 Å². The standard InChI is InChI=1S/C12H25N7S/c1-6-19(7-2)12-15-10(17-13)14-11(16-12)18(4)9(3)8-20-5/h9H,6-8,13H2,1-5H3,(H,14,15,16,17). The van der Waals surface area contributed by atoms with E-state index >= 15 is 0 Å². The van der Waals surface area contributed by atoms with Crippen molar-refractivity contribution in [2.24, 2.45) is 5.84 Å². The van der Waals surface area contributed by atoms with E-state index in [1.54, 1.807) is 11.8 Å². The zero-order valence-corrected chi connectivity index (χ0v) is 13.7. The third-order valence-corrected chi connectivity index (χ3v) is 3.99. The van der Waals surface area contributed by atoms with Crippen molar-refractivity contribution in [3.8, 4) is 0 Å². The van der Waals surface area contributed by atoms with Gasteiger partial charge in [0.1, 0.15) is 0 Å². The number of hydrogen-bond acceptors (Lipinski definition) is 8. The molecule has 0 aliphatic rings. The number of hydrogen-bond donors (Lipinski definition) is 2. The first kappa shape index (κ1) is 16.8. The van der Waals surface area contributed by atoms with Crippen molar-refractivity contribution in [3.63, 3.8) is 0 Å². The van der Waals surface area contributed by atoms with Gasteiger partial charge in [0.15, 0.2) is 0 Å². The predicted molar refractivity (Wildman–Crippen MR) is 87.4 cm³/mol. The minimum Gasteiger partial charge on any atom is -0.341 e. The predicted octanol–water partition coefficient (Wildman–Crippen LogP) is 1.19. The summed E-state index contributed by atoms with van der Waals surface area (Å²) in [5.74, 6) is 8.14. The Hall–Kier alpha value is -1.28. The SMILES string of the molecule is CCN(CC)c1nc(NN)nc(N(C)C(C)CSC)n1. The van der Waals surface area contributed by atoms with Crippen molar-refractivity contribution < 1.29 is 0 Å². The van der Waals surface area contributed by atoms with Crippen LogP contribution in [0, 0.1) is 0 Å². The Morgan fingerprint density at radius 2 is 1.80 bits per heavy atom. The first-order chi connectivity index (χ1) is 9.57. The molecule has 0 bridgehead atoms. The molecular formula is C12H25N7S. The van der Waals surface area contributed by atoms with Crippen LogP contribution in [-0.2, 0) is 0 Å². The van der Waals surface area contributed by atoms with Crippen molar-refractivity contribution >= 4 is 29.6 Å². The zero-order chi connectivity index (χ0) is 15.1. The fourth-order valence-electron chi connectivity index (χ4n) is 1.77.